The van der Waals surface area contributed by atoms with Crippen LogP contribution in [0.15, 0.2) is 12.5 Å². The minimum absolute atomic E-state index is 0.534. The van der Waals surface area contributed by atoms with Gasteiger partial charge in [0.1, 0.15) is 0 Å². The monoisotopic (exact) mass is 261 g/mol. The predicted octanol–water partition coefficient (Wildman–Crippen LogP) is 3.84. The van der Waals surface area contributed by atoms with Crippen molar-refractivity contribution >= 4 is 0 Å². The van der Waals surface area contributed by atoms with Crippen molar-refractivity contribution in [2.24, 2.45) is 5.41 Å². The van der Waals surface area contributed by atoms with Gasteiger partial charge in [-0.2, -0.15) is 0 Å². The molecule has 1 N–H and O–H groups in total. The molecule has 2 fully saturated rings. The second-order valence-corrected chi connectivity index (χ2v) is 7.12. The molecular formula is C16H27N3. The molecule has 1 aromatic heterocycles. The van der Waals surface area contributed by atoms with Gasteiger partial charge in [0.15, 0.2) is 0 Å². The van der Waals surface area contributed by atoms with E-state index < -0.39 is 0 Å². The molecule has 1 aromatic rings. The van der Waals surface area contributed by atoms with Gasteiger partial charge in [0.2, 0.25) is 0 Å². The van der Waals surface area contributed by atoms with Crippen LogP contribution in [0.2, 0.25) is 0 Å². The molecule has 0 spiro atoms. The van der Waals surface area contributed by atoms with E-state index in [9.17, 15) is 0 Å². The van der Waals surface area contributed by atoms with Crippen LogP contribution in [0.4, 0.5) is 0 Å². The Balaban J connectivity index is 1.73. The van der Waals surface area contributed by atoms with Crippen molar-refractivity contribution in [3.63, 3.8) is 0 Å². The smallest absolute Gasteiger partial charge is 0.0951 e. The Morgan fingerprint density at radius 3 is 2.68 bits per heavy atom. The van der Waals surface area contributed by atoms with E-state index >= 15 is 0 Å². The highest BCUT2D eigenvalue weighted by Crippen LogP contribution is 2.41. The highest BCUT2D eigenvalue weighted by Gasteiger charge is 2.29. The molecule has 0 bridgehead atoms. The Bertz CT molecular complexity index is 405. The van der Waals surface area contributed by atoms with E-state index in [4.69, 9.17) is 0 Å². The Morgan fingerprint density at radius 1 is 1.21 bits per heavy atom. The van der Waals surface area contributed by atoms with Crippen molar-refractivity contribution in [2.45, 2.75) is 70.9 Å². The van der Waals surface area contributed by atoms with E-state index in [1.807, 2.05) is 0 Å². The summed E-state index contributed by atoms with van der Waals surface area (Å²) in [5.41, 5.74) is 1.96. The standard InChI is InChI=1S/C16H27N3/c1-16(2)8-6-13(7-9-16)19-12-17-11-15(19)14-5-3-4-10-18-14/h11-14,18H,3-10H2,1-2H3. The van der Waals surface area contributed by atoms with Gasteiger partial charge in [-0.05, 0) is 50.5 Å². The fourth-order valence-corrected chi connectivity index (χ4v) is 3.66. The van der Waals surface area contributed by atoms with Crippen LogP contribution in [0.3, 0.4) is 0 Å². The first-order valence-electron chi connectivity index (χ1n) is 7.91. The molecule has 3 rings (SSSR count). The van der Waals surface area contributed by atoms with Gasteiger partial charge >= 0.3 is 0 Å². The van der Waals surface area contributed by atoms with Crippen LogP contribution in [0, 0.1) is 5.41 Å². The molecule has 1 unspecified atom stereocenters. The summed E-state index contributed by atoms with van der Waals surface area (Å²) in [6.07, 6.45) is 13.4. The minimum atomic E-state index is 0.534. The maximum absolute atomic E-state index is 4.43. The third-order valence-corrected chi connectivity index (χ3v) is 5.07. The quantitative estimate of drug-likeness (QED) is 0.876. The maximum Gasteiger partial charge on any atom is 0.0951 e. The zero-order valence-corrected chi connectivity index (χ0v) is 12.4. The van der Waals surface area contributed by atoms with Crippen molar-refractivity contribution in [3.05, 3.63) is 18.2 Å². The summed E-state index contributed by atoms with van der Waals surface area (Å²) in [4.78, 5) is 4.43. The first-order chi connectivity index (χ1) is 9.16. The van der Waals surface area contributed by atoms with Gasteiger partial charge in [-0.3, -0.25) is 0 Å². The lowest BCUT2D eigenvalue weighted by atomic mass is 9.75. The predicted molar refractivity (Wildman–Crippen MR) is 78.1 cm³/mol. The molecule has 2 heterocycles. The lowest BCUT2D eigenvalue weighted by Gasteiger charge is -2.36. The van der Waals surface area contributed by atoms with E-state index in [-0.39, 0.29) is 0 Å². The minimum Gasteiger partial charge on any atom is -0.330 e. The largest absolute Gasteiger partial charge is 0.330 e. The zero-order chi connectivity index (χ0) is 13.3. The van der Waals surface area contributed by atoms with Crippen LogP contribution in [0.5, 0.6) is 0 Å². The average molecular weight is 261 g/mol. The van der Waals surface area contributed by atoms with Crippen LogP contribution in [0.25, 0.3) is 0 Å². The van der Waals surface area contributed by atoms with Crippen LogP contribution in [-0.4, -0.2) is 16.1 Å². The molecule has 3 heteroatoms. The number of nitrogens with zero attached hydrogens (tertiary/aromatic N) is 2. The van der Waals surface area contributed by atoms with Crippen molar-refractivity contribution < 1.29 is 0 Å². The SMILES string of the molecule is CC1(C)CCC(n2cncc2C2CCCCN2)CC1. The maximum atomic E-state index is 4.43. The Labute approximate surface area is 116 Å². The topological polar surface area (TPSA) is 29.9 Å². The molecule has 0 aromatic carbocycles. The van der Waals surface area contributed by atoms with Crippen molar-refractivity contribution in [1.29, 1.82) is 0 Å². The zero-order valence-electron chi connectivity index (χ0n) is 12.4. The van der Waals surface area contributed by atoms with Crippen LogP contribution < -0.4 is 5.32 Å². The van der Waals surface area contributed by atoms with Crippen LogP contribution >= 0.6 is 0 Å². The molecule has 106 valence electrons. The molecule has 3 nitrogen and oxygen atoms in total. The molecule has 0 radical (unpaired) electrons. The number of hydrogen-bond donors (Lipinski definition) is 1. The second-order valence-electron chi connectivity index (χ2n) is 7.12. The van der Waals surface area contributed by atoms with Crippen molar-refractivity contribution in [3.8, 4) is 0 Å². The lowest BCUT2D eigenvalue weighted by Crippen LogP contribution is -2.30. The molecule has 1 aliphatic carbocycles. The summed E-state index contributed by atoms with van der Waals surface area (Å²) in [5.74, 6) is 0. The van der Waals surface area contributed by atoms with Gasteiger partial charge in [0.05, 0.1) is 12.0 Å². The molecule has 1 saturated heterocycles. The van der Waals surface area contributed by atoms with Gasteiger partial charge < -0.3 is 9.88 Å². The van der Waals surface area contributed by atoms with E-state index in [0.29, 0.717) is 17.5 Å². The summed E-state index contributed by atoms with van der Waals surface area (Å²) in [5, 5.41) is 3.66. The Kier molecular flexibility index (Phi) is 3.66. The van der Waals surface area contributed by atoms with Gasteiger partial charge in [-0.1, -0.05) is 20.3 Å². The van der Waals surface area contributed by atoms with Gasteiger partial charge in [-0.25, -0.2) is 4.98 Å². The molecule has 19 heavy (non-hydrogen) atoms. The number of aromatic nitrogens is 2. The fraction of sp³-hybridized carbons (Fsp3) is 0.812. The highest BCUT2D eigenvalue weighted by molar-refractivity contribution is 5.08. The van der Waals surface area contributed by atoms with Crippen LogP contribution in [0.1, 0.15) is 76.6 Å². The number of rotatable bonds is 2. The molecule has 1 saturated carbocycles. The van der Waals surface area contributed by atoms with E-state index in [1.54, 1.807) is 0 Å². The summed E-state index contributed by atoms with van der Waals surface area (Å²) in [7, 11) is 0. The summed E-state index contributed by atoms with van der Waals surface area (Å²) in [6, 6.07) is 1.21. The Morgan fingerprint density at radius 2 is 2.00 bits per heavy atom. The number of nitrogens with one attached hydrogen (secondary N) is 1. The first kappa shape index (κ1) is 13.2. The van der Waals surface area contributed by atoms with Gasteiger partial charge in [0, 0.05) is 18.3 Å². The Hall–Kier alpha value is -0.830. The number of piperidine rings is 1. The van der Waals surface area contributed by atoms with Crippen molar-refractivity contribution in [1.82, 2.24) is 14.9 Å². The number of hydrogen-bond acceptors (Lipinski definition) is 2. The molecule has 1 atom stereocenters. The van der Waals surface area contributed by atoms with Gasteiger partial charge in [-0.15, -0.1) is 0 Å². The molecule has 1 aliphatic heterocycles. The normalized spacial score (nSPS) is 28.4. The van der Waals surface area contributed by atoms with E-state index in [0.717, 1.165) is 6.54 Å². The van der Waals surface area contributed by atoms with Crippen LogP contribution in [-0.2, 0) is 0 Å². The number of imidazole rings is 1. The first-order valence-corrected chi connectivity index (χ1v) is 7.91. The van der Waals surface area contributed by atoms with E-state index in [2.05, 4.69) is 41.2 Å². The van der Waals surface area contributed by atoms with Gasteiger partial charge in [0.25, 0.3) is 0 Å². The summed E-state index contributed by atoms with van der Waals surface area (Å²) < 4.78 is 2.47. The molecule has 0 amide bonds. The average Bonchev–Trinajstić information content (AvgIpc) is 2.89. The van der Waals surface area contributed by atoms with E-state index in [1.165, 1.54) is 50.6 Å². The third kappa shape index (κ3) is 2.86. The summed E-state index contributed by atoms with van der Waals surface area (Å²) >= 11 is 0. The molecular weight excluding hydrogens is 234 g/mol. The van der Waals surface area contributed by atoms with Crippen molar-refractivity contribution in [2.75, 3.05) is 6.54 Å². The third-order valence-electron chi connectivity index (χ3n) is 5.07. The lowest BCUT2D eigenvalue weighted by molar-refractivity contribution is 0.189. The fourth-order valence-electron chi connectivity index (χ4n) is 3.66. The summed E-state index contributed by atoms with van der Waals surface area (Å²) in [6.45, 7) is 5.97. The molecule has 2 aliphatic rings. The highest BCUT2D eigenvalue weighted by atomic mass is 15.1. The second kappa shape index (κ2) is 5.28.